The van der Waals surface area contributed by atoms with Gasteiger partial charge in [0.25, 0.3) is 0 Å². The zero-order valence-corrected chi connectivity index (χ0v) is 14.0. The Kier molecular flexibility index (Phi) is 5.66. The quantitative estimate of drug-likeness (QED) is 0.864. The lowest BCUT2D eigenvalue weighted by atomic mass is 9.95. The van der Waals surface area contributed by atoms with Gasteiger partial charge >= 0.3 is 0 Å². The lowest BCUT2D eigenvalue weighted by Crippen LogP contribution is -2.49. The van der Waals surface area contributed by atoms with Crippen LogP contribution >= 0.6 is 0 Å². The van der Waals surface area contributed by atoms with E-state index in [1.54, 1.807) is 0 Å². The zero-order valence-electron chi connectivity index (χ0n) is 14.0. The van der Waals surface area contributed by atoms with E-state index in [4.69, 9.17) is 0 Å². The number of nitrogens with zero attached hydrogens (tertiary/aromatic N) is 2. The normalized spacial score (nSPS) is 25.4. The van der Waals surface area contributed by atoms with Crippen molar-refractivity contribution < 1.29 is 15.0 Å². The molecule has 0 radical (unpaired) electrons. The molecule has 5 heteroatoms. The zero-order chi connectivity index (χ0) is 16.9. The van der Waals surface area contributed by atoms with Gasteiger partial charge in [-0.25, -0.2) is 0 Å². The van der Waals surface area contributed by atoms with Crippen molar-refractivity contribution in [2.45, 2.75) is 18.9 Å². The van der Waals surface area contributed by atoms with E-state index >= 15 is 0 Å². The van der Waals surface area contributed by atoms with E-state index in [0.29, 0.717) is 32.6 Å². The molecule has 3 rings (SSSR count). The molecule has 0 saturated carbocycles. The highest BCUT2D eigenvalue weighted by Gasteiger charge is 2.29. The standard InChI is InChI=1S/C19H26N2O3/c22-14-17-12-20(9-8-18(17)23)13-19(24)21-10-6-16(7-11-21)15-4-2-1-3-5-15/h1-6,17-18,22-23H,7-14H2. The monoisotopic (exact) mass is 330 g/mol. The molecule has 0 aromatic heterocycles. The number of rotatable bonds is 4. The summed E-state index contributed by atoms with van der Waals surface area (Å²) in [6.07, 6.45) is 3.20. The fourth-order valence-corrected chi connectivity index (χ4v) is 3.52. The van der Waals surface area contributed by atoms with Gasteiger partial charge in [0.05, 0.1) is 12.6 Å². The molecule has 2 unspecified atom stereocenters. The van der Waals surface area contributed by atoms with E-state index in [1.165, 1.54) is 11.1 Å². The number of hydrogen-bond donors (Lipinski definition) is 2. The summed E-state index contributed by atoms with van der Waals surface area (Å²) in [5.41, 5.74) is 2.54. The van der Waals surface area contributed by atoms with Gasteiger partial charge in [-0.2, -0.15) is 0 Å². The second-order valence-corrected chi connectivity index (χ2v) is 6.72. The van der Waals surface area contributed by atoms with Crippen molar-refractivity contribution >= 4 is 11.5 Å². The third-order valence-corrected chi connectivity index (χ3v) is 5.08. The van der Waals surface area contributed by atoms with Gasteiger partial charge in [-0.15, -0.1) is 0 Å². The average molecular weight is 330 g/mol. The van der Waals surface area contributed by atoms with Crippen LogP contribution in [0.1, 0.15) is 18.4 Å². The minimum absolute atomic E-state index is 0.0290. The number of likely N-dealkylation sites (tertiary alicyclic amines) is 1. The molecule has 0 bridgehead atoms. The fourth-order valence-electron chi connectivity index (χ4n) is 3.52. The number of amides is 1. The summed E-state index contributed by atoms with van der Waals surface area (Å²) in [5, 5.41) is 19.1. The molecule has 2 aliphatic rings. The molecular weight excluding hydrogens is 304 g/mol. The van der Waals surface area contributed by atoms with Crippen LogP contribution in [0.4, 0.5) is 0 Å². The first-order valence-electron chi connectivity index (χ1n) is 8.71. The summed E-state index contributed by atoms with van der Waals surface area (Å²) in [7, 11) is 0. The van der Waals surface area contributed by atoms with Crippen LogP contribution in [0.15, 0.2) is 36.4 Å². The Labute approximate surface area is 143 Å². The van der Waals surface area contributed by atoms with Gasteiger partial charge in [0.2, 0.25) is 5.91 Å². The lowest BCUT2D eigenvalue weighted by molar-refractivity contribution is -0.133. The first-order chi connectivity index (χ1) is 11.7. The van der Waals surface area contributed by atoms with Gasteiger partial charge < -0.3 is 15.1 Å². The second-order valence-electron chi connectivity index (χ2n) is 6.72. The number of carbonyl (C=O) groups excluding carboxylic acids is 1. The van der Waals surface area contributed by atoms with Crippen LogP contribution in [0.2, 0.25) is 0 Å². The number of piperidine rings is 1. The van der Waals surface area contributed by atoms with Crippen LogP contribution in [0.3, 0.4) is 0 Å². The Morgan fingerprint density at radius 3 is 2.67 bits per heavy atom. The summed E-state index contributed by atoms with van der Waals surface area (Å²) in [5.74, 6) is -0.0103. The van der Waals surface area contributed by atoms with Crippen molar-refractivity contribution in [1.82, 2.24) is 9.80 Å². The third-order valence-electron chi connectivity index (χ3n) is 5.08. The lowest BCUT2D eigenvalue weighted by Gasteiger charge is -2.36. The van der Waals surface area contributed by atoms with Gasteiger partial charge in [0.15, 0.2) is 0 Å². The van der Waals surface area contributed by atoms with Gasteiger partial charge in [0, 0.05) is 38.7 Å². The molecule has 2 atom stereocenters. The molecule has 2 aliphatic heterocycles. The van der Waals surface area contributed by atoms with Crippen LogP contribution in [-0.2, 0) is 4.79 Å². The topological polar surface area (TPSA) is 64.0 Å². The molecule has 1 aromatic rings. The Balaban J connectivity index is 1.53. The molecule has 1 amide bonds. The van der Waals surface area contributed by atoms with E-state index in [0.717, 1.165) is 13.0 Å². The maximum Gasteiger partial charge on any atom is 0.237 e. The minimum Gasteiger partial charge on any atom is -0.396 e. The summed E-state index contributed by atoms with van der Waals surface area (Å²) in [6, 6.07) is 10.3. The number of carbonyl (C=O) groups is 1. The molecule has 2 N–H and O–H groups in total. The fraction of sp³-hybridized carbons (Fsp3) is 0.526. The van der Waals surface area contributed by atoms with Crippen molar-refractivity contribution in [2.24, 2.45) is 5.92 Å². The third kappa shape index (κ3) is 4.04. The summed E-state index contributed by atoms with van der Waals surface area (Å²) >= 11 is 0. The van der Waals surface area contributed by atoms with Gasteiger partial charge in [-0.3, -0.25) is 9.69 Å². The molecule has 0 spiro atoms. The average Bonchev–Trinajstić information content (AvgIpc) is 2.64. The van der Waals surface area contributed by atoms with E-state index in [-0.39, 0.29) is 18.4 Å². The molecule has 2 heterocycles. The first kappa shape index (κ1) is 17.1. The largest absolute Gasteiger partial charge is 0.396 e. The Morgan fingerprint density at radius 2 is 2.00 bits per heavy atom. The molecule has 0 aliphatic carbocycles. The Bertz CT molecular complexity index is 588. The Morgan fingerprint density at radius 1 is 1.21 bits per heavy atom. The number of benzene rings is 1. The number of aliphatic hydroxyl groups is 2. The Hall–Kier alpha value is -1.69. The number of aliphatic hydroxyl groups excluding tert-OH is 2. The van der Waals surface area contributed by atoms with Crippen LogP contribution in [0, 0.1) is 5.92 Å². The summed E-state index contributed by atoms with van der Waals surface area (Å²) < 4.78 is 0. The predicted octanol–water partition coefficient (Wildman–Crippen LogP) is 0.977. The van der Waals surface area contributed by atoms with E-state index in [1.807, 2.05) is 28.0 Å². The van der Waals surface area contributed by atoms with Gasteiger partial charge in [-0.1, -0.05) is 36.4 Å². The van der Waals surface area contributed by atoms with Crippen molar-refractivity contribution in [3.05, 3.63) is 42.0 Å². The maximum atomic E-state index is 12.5. The molecule has 1 aromatic carbocycles. The molecule has 24 heavy (non-hydrogen) atoms. The second kappa shape index (κ2) is 7.92. The molecule has 1 fully saturated rings. The van der Waals surface area contributed by atoms with Crippen LogP contribution in [0.5, 0.6) is 0 Å². The molecular formula is C19H26N2O3. The minimum atomic E-state index is -0.451. The van der Waals surface area contributed by atoms with Crippen molar-refractivity contribution in [3.63, 3.8) is 0 Å². The number of hydrogen-bond acceptors (Lipinski definition) is 4. The highest BCUT2D eigenvalue weighted by Crippen LogP contribution is 2.22. The van der Waals surface area contributed by atoms with Crippen molar-refractivity contribution in [2.75, 3.05) is 39.3 Å². The van der Waals surface area contributed by atoms with Crippen molar-refractivity contribution in [3.8, 4) is 0 Å². The highest BCUT2D eigenvalue weighted by molar-refractivity contribution is 5.80. The predicted molar refractivity (Wildman–Crippen MR) is 93.3 cm³/mol. The maximum absolute atomic E-state index is 12.5. The summed E-state index contributed by atoms with van der Waals surface area (Å²) in [6.45, 7) is 3.05. The van der Waals surface area contributed by atoms with Crippen molar-refractivity contribution in [1.29, 1.82) is 0 Å². The molecule has 5 nitrogen and oxygen atoms in total. The van der Waals surface area contributed by atoms with Crippen LogP contribution in [0.25, 0.3) is 5.57 Å². The van der Waals surface area contributed by atoms with Gasteiger partial charge in [0.1, 0.15) is 0 Å². The van der Waals surface area contributed by atoms with E-state index < -0.39 is 6.10 Å². The van der Waals surface area contributed by atoms with Gasteiger partial charge in [-0.05, 0) is 24.0 Å². The van der Waals surface area contributed by atoms with Crippen LogP contribution < -0.4 is 0 Å². The SMILES string of the molecule is O=C(CN1CCC(O)C(CO)C1)N1CC=C(c2ccccc2)CC1. The first-order valence-corrected chi connectivity index (χ1v) is 8.71. The smallest absolute Gasteiger partial charge is 0.237 e. The summed E-state index contributed by atoms with van der Waals surface area (Å²) in [4.78, 5) is 16.5. The molecule has 1 saturated heterocycles. The van der Waals surface area contributed by atoms with Crippen LogP contribution in [-0.4, -0.2) is 71.4 Å². The van der Waals surface area contributed by atoms with E-state index in [2.05, 4.69) is 18.2 Å². The van der Waals surface area contributed by atoms with E-state index in [9.17, 15) is 15.0 Å². The molecule has 130 valence electrons. The highest BCUT2D eigenvalue weighted by atomic mass is 16.3.